The molecule has 8 nitrogen and oxygen atoms in total. The third kappa shape index (κ3) is 4.68. The first-order valence-corrected chi connectivity index (χ1v) is 14.6. The SMILES string of the molecule is CC(C)(F)C(C)(C)c1c(-c2nc(C#N)nn2-c2nc(-c3ccccc3)nc(-c3ccccc3)n2)c(F)cc2c1oc1ccccc12. The Hall–Kier alpha value is -5.82. The summed E-state index contributed by atoms with van der Waals surface area (Å²) in [5.74, 6) is -0.335. The van der Waals surface area contributed by atoms with Gasteiger partial charge in [-0.3, -0.25) is 0 Å². The molecule has 0 spiro atoms. The second-order valence-corrected chi connectivity index (χ2v) is 12.0. The molecule has 4 aromatic carbocycles. The van der Waals surface area contributed by atoms with E-state index in [-0.39, 0.29) is 28.7 Å². The number of nitriles is 1. The maximum Gasteiger partial charge on any atom is 0.256 e. The summed E-state index contributed by atoms with van der Waals surface area (Å²) in [4.78, 5) is 18.6. The Kier molecular flexibility index (Phi) is 6.71. The monoisotopic (exact) mass is 611 g/mol. The number of fused-ring (bicyclic) bond motifs is 3. The molecule has 0 amide bonds. The van der Waals surface area contributed by atoms with E-state index in [0.29, 0.717) is 44.7 Å². The molecule has 3 aromatic heterocycles. The predicted octanol–water partition coefficient (Wildman–Crippen LogP) is 8.39. The van der Waals surface area contributed by atoms with Crippen molar-refractivity contribution in [3.8, 4) is 46.2 Å². The highest BCUT2D eigenvalue weighted by atomic mass is 19.1. The summed E-state index contributed by atoms with van der Waals surface area (Å²) >= 11 is 0. The van der Waals surface area contributed by atoms with Crippen molar-refractivity contribution in [1.82, 2.24) is 29.7 Å². The molecule has 0 saturated carbocycles. The quantitative estimate of drug-likeness (QED) is 0.186. The lowest BCUT2D eigenvalue weighted by Crippen LogP contribution is -2.39. The van der Waals surface area contributed by atoms with Gasteiger partial charge in [0.1, 0.15) is 28.7 Å². The van der Waals surface area contributed by atoms with Crippen molar-refractivity contribution in [1.29, 1.82) is 5.26 Å². The molecular formula is C36H27F2N7O. The normalized spacial score (nSPS) is 12.1. The van der Waals surface area contributed by atoms with Gasteiger partial charge in [0.05, 0.1) is 5.56 Å². The summed E-state index contributed by atoms with van der Waals surface area (Å²) in [5, 5.41) is 15.5. The van der Waals surface area contributed by atoms with Crippen LogP contribution in [0, 0.1) is 17.1 Å². The molecule has 0 aliphatic heterocycles. The second kappa shape index (κ2) is 10.7. The molecule has 0 N–H and O–H groups in total. The van der Waals surface area contributed by atoms with Crippen molar-refractivity contribution in [3.05, 3.63) is 108 Å². The van der Waals surface area contributed by atoms with E-state index >= 15 is 8.78 Å². The van der Waals surface area contributed by atoms with Gasteiger partial charge in [-0.2, -0.15) is 24.9 Å². The van der Waals surface area contributed by atoms with Gasteiger partial charge >= 0.3 is 0 Å². The molecule has 0 fully saturated rings. The standard InChI is InChI=1S/C36H27F2N7O/c1-35(2,36(3,4)38)29-28(25(37)19-24-23-17-11-12-18-26(23)46-30(24)29)33-40-27(20-39)44-45(33)34-42-31(21-13-7-5-8-14-21)41-32(43-34)22-15-9-6-10-16-22/h5-19H,1-4H3. The molecule has 0 unspecified atom stereocenters. The first-order valence-electron chi connectivity index (χ1n) is 14.6. The Morgan fingerprint density at radius 1 is 0.761 bits per heavy atom. The summed E-state index contributed by atoms with van der Waals surface area (Å²) in [6.07, 6.45) is 0. The summed E-state index contributed by atoms with van der Waals surface area (Å²) < 4.78 is 40.4. The van der Waals surface area contributed by atoms with Crippen LogP contribution in [0.3, 0.4) is 0 Å². The summed E-state index contributed by atoms with van der Waals surface area (Å²) in [6.45, 7) is 6.25. The largest absolute Gasteiger partial charge is 0.456 e. The van der Waals surface area contributed by atoms with Crippen LogP contribution < -0.4 is 0 Å². The molecule has 10 heteroatoms. The predicted molar refractivity (Wildman–Crippen MR) is 171 cm³/mol. The summed E-state index contributed by atoms with van der Waals surface area (Å²) in [5.41, 5.74) is -0.736. The third-order valence-corrected chi connectivity index (χ3v) is 8.54. The Bertz CT molecular complexity index is 2240. The van der Waals surface area contributed by atoms with Crippen LogP contribution >= 0.6 is 0 Å². The van der Waals surface area contributed by atoms with Gasteiger partial charge < -0.3 is 4.42 Å². The fourth-order valence-electron chi connectivity index (χ4n) is 5.49. The molecule has 3 heterocycles. The number of rotatable bonds is 6. The summed E-state index contributed by atoms with van der Waals surface area (Å²) in [6, 6.07) is 29.2. The zero-order valence-corrected chi connectivity index (χ0v) is 25.5. The van der Waals surface area contributed by atoms with Crippen LogP contribution in [0.5, 0.6) is 0 Å². The van der Waals surface area contributed by atoms with E-state index < -0.39 is 16.9 Å². The van der Waals surface area contributed by atoms with Crippen LogP contribution in [-0.4, -0.2) is 35.4 Å². The van der Waals surface area contributed by atoms with E-state index in [9.17, 15) is 5.26 Å². The molecule has 46 heavy (non-hydrogen) atoms. The minimum Gasteiger partial charge on any atom is -0.456 e. The highest BCUT2D eigenvalue weighted by molar-refractivity contribution is 6.07. The van der Waals surface area contributed by atoms with Crippen LogP contribution in [0.25, 0.3) is 62.1 Å². The lowest BCUT2D eigenvalue weighted by Gasteiger charge is -2.36. The Morgan fingerprint density at radius 2 is 1.35 bits per heavy atom. The lowest BCUT2D eigenvalue weighted by molar-refractivity contribution is 0.115. The van der Waals surface area contributed by atoms with Gasteiger partial charge in [-0.25, -0.2) is 13.8 Å². The van der Waals surface area contributed by atoms with E-state index in [1.165, 1.54) is 24.6 Å². The van der Waals surface area contributed by atoms with Gasteiger partial charge in [-0.1, -0.05) is 92.7 Å². The number of alkyl halides is 1. The zero-order chi connectivity index (χ0) is 32.2. The van der Waals surface area contributed by atoms with Crippen LogP contribution in [-0.2, 0) is 5.41 Å². The van der Waals surface area contributed by atoms with Crippen LogP contribution in [0.1, 0.15) is 39.1 Å². The maximum absolute atomic E-state index is 16.7. The number of hydrogen-bond donors (Lipinski definition) is 0. The molecule has 0 aliphatic rings. The number of halogens is 2. The van der Waals surface area contributed by atoms with Crippen molar-refractivity contribution in [2.75, 3.05) is 0 Å². The van der Waals surface area contributed by atoms with Crippen molar-refractivity contribution >= 4 is 21.9 Å². The van der Waals surface area contributed by atoms with Crippen LogP contribution in [0.2, 0.25) is 0 Å². The second-order valence-electron chi connectivity index (χ2n) is 12.0. The van der Waals surface area contributed by atoms with E-state index in [0.717, 1.165) is 0 Å². The average Bonchev–Trinajstić information content (AvgIpc) is 3.66. The van der Waals surface area contributed by atoms with E-state index in [1.807, 2.05) is 84.9 Å². The fraction of sp³-hybridized carbons (Fsp3) is 0.167. The third-order valence-electron chi connectivity index (χ3n) is 8.54. The van der Waals surface area contributed by atoms with Gasteiger partial charge in [0, 0.05) is 32.9 Å². The van der Waals surface area contributed by atoms with Crippen LogP contribution in [0.4, 0.5) is 8.78 Å². The molecule has 0 aliphatic carbocycles. The number of aromatic nitrogens is 6. The van der Waals surface area contributed by atoms with Gasteiger partial charge in [0.15, 0.2) is 17.5 Å². The molecule has 0 bridgehead atoms. The van der Waals surface area contributed by atoms with Gasteiger partial charge in [-0.05, 0) is 26.0 Å². The van der Waals surface area contributed by atoms with Gasteiger partial charge in [-0.15, -0.1) is 5.10 Å². The highest BCUT2D eigenvalue weighted by Crippen LogP contribution is 2.48. The Morgan fingerprint density at radius 3 is 1.93 bits per heavy atom. The Balaban J connectivity index is 1.57. The van der Waals surface area contributed by atoms with Gasteiger partial charge in [0.25, 0.3) is 11.8 Å². The number of benzene rings is 4. The molecule has 0 saturated heterocycles. The lowest BCUT2D eigenvalue weighted by atomic mass is 9.70. The molecular weight excluding hydrogens is 584 g/mol. The molecule has 226 valence electrons. The number of hydrogen-bond acceptors (Lipinski definition) is 7. The summed E-state index contributed by atoms with van der Waals surface area (Å²) in [7, 11) is 0. The first kappa shape index (κ1) is 28.9. The first-order chi connectivity index (χ1) is 22.1. The van der Waals surface area contributed by atoms with Crippen molar-refractivity contribution < 1.29 is 13.2 Å². The van der Waals surface area contributed by atoms with Gasteiger partial charge in [0.2, 0.25) is 0 Å². The molecule has 0 atom stereocenters. The minimum absolute atomic E-state index is 0.00377. The number of furan rings is 1. The van der Waals surface area contributed by atoms with E-state index in [1.54, 1.807) is 19.9 Å². The topological polar surface area (TPSA) is 106 Å². The molecule has 7 rings (SSSR count). The van der Waals surface area contributed by atoms with Crippen molar-refractivity contribution in [3.63, 3.8) is 0 Å². The highest BCUT2D eigenvalue weighted by Gasteiger charge is 2.44. The zero-order valence-electron chi connectivity index (χ0n) is 25.5. The number of para-hydroxylation sites is 1. The smallest absolute Gasteiger partial charge is 0.256 e. The minimum atomic E-state index is -1.85. The van der Waals surface area contributed by atoms with E-state index in [4.69, 9.17) is 19.4 Å². The van der Waals surface area contributed by atoms with Crippen molar-refractivity contribution in [2.45, 2.75) is 38.8 Å². The fourth-order valence-corrected chi connectivity index (χ4v) is 5.49. The molecule has 7 aromatic rings. The van der Waals surface area contributed by atoms with Crippen molar-refractivity contribution in [2.24, 2.45) is 0 Å². The average molecular weight is 612 g/mol. The Labute approximate surface area is 263 Å². The maximum atomic E-state index is 16.7. The van der Waals surface area contributed by atoms with Crippen LogP contribution in [0.15, 0.2) is 95.4 Å². The van der Waals surface area contributed by atoms with E-state index in [2.05, 4.69) is 10.1 Å². The number of nitrogens with zero attached hydrogens (tertiary/aromatic N) is 7. The molecule has 0 radical (unpaired) electrons.